The van der Waals surface area contributed by atoms with Gasteiger partial charge in [-0.3, -0.25) is 0 Å². The summed E-state index contributed by atoms with van der Waals surface area (Å²) in [7, 11) is 0. The van der Waals surface area contributed by atoms with Gasteiger partial charge in [0.25, 0.3) is 0 Å². The molecule has 0 saturated heterocycles. The van der Waals surface area contributed by atoms with Crippen molar-refractivity contribution < 1.29 is 4.74 Å². The molecule has 0 bridgehead atoms. The molecule has 3 aromatic carbocycles. The molecule has 0 saturated carbocycles. The molecule has 2 aromatic heterocycles. The number of aryl methyl sites for hydroxylation is 1. The third-order valence-corrected chi connectivity index (χ3v) is 9.61. The zero-order valence-corrected chi connectivity index (χ0v) is 23.2. The fourth-order valence-corrected chi connectivity index (χ4v) is 7.86. The Morgan fingerprint density at radius 1 is 0.583 bits per heavy atom. The highest BCUT2D eigenvalue weighted by Crippen LogP contribution is 2.45. The predicted octanol–water partition coefficient (Wildman–Crippen LogP) is 11.0. The van der Waals surface area contributed by atoms with Crippen LogP contribution in [-0.4, -0.2) is 13.2 Å². The van der Waals surface area contributed by atoms with Crippen LogP contribution >= 0.6 is 22.7 Å². The summed E-state index contributed by atoms with van der Waals surface area (Å²) in [6, 6.07) is 24.9. The van der Waals surface area contributed by atoms with E-state index < -0.39 is 0 Å². The van der Waals surface area contributed by atoms with Gasteiger partial charge >= 0.3 is 0 Å². The van der Waals surface area contributed by atoms with E-state index in [9.17, 15) is 0 Å². The zero-order valence-electron chi connectivity index (χ0n) is 21.6. The zero-order chi connectivity index (χ0) is 24.6. The van der Waals surface area contributed by atoms with Crippen LogP contribution in [-0.2, 0) is 11.2 Å². The standard InChI is InChI=1S/C33H38OS2/c1-2-21-34-22-13-8-6-4-3-5-7-10-14-25-17-19-28-30(23-25)35-33-29-20-18-27(24-31(29)36-32(28)33)26-15-11-9-12-16-26/h9,11-12,15-20,23-24H,2-8,10,13-14,21-22H2,1H3. The number of hydrogen-bond acceptors (Lipinski definition) is 3. The molecule has 188 valence electrons. The Balaban J connectivity index is 1.13. The average molecular weight is 515 g/mol. The summed E-state index contributed by atoms with van der Waals surface area (Å²) in [4.78, 5) is 0. The van der Waals surface area contributed by atoms with Crippen LogP contribution in [0.4, 0.5) is 0 Å². The molecule has 0 atom stereocenters. The van der Waals surface area contributed by atoms with Crippen LogP contribution < -0.4 is 0 Å². The van der Waals surface area contributed by atoms with Gasteiger partial charge in [0.05, 0.1) is 9.40 Å². The first-order chi connectivity index (χ1) is 17.8. The van der Waals surface area contributed by atoms with E-state index in [1.807, 2.05) is 22.7 Å². The van der Waals surface area contributed by atoms with Crippen molar-refractivity contribution in [3.63, 3.8) is 0 Å². The first-order valence-corrected chi connectivity index (χ1v) is 15.5. The summed E-state index contributed by atoms with van der Waals surface area (Å²) in [6.45, 7) is 4.04. The molecule has 0 spiro atoms. The Morgan fingerprint density at radius 2 is 1.22 bits per heavy atom. The van der Waals surface area contributed by atoms with Gasteiger partial charge in [0, 0.05) is 33.4 Å². The van der Waals surface area contributed by atoms with E-state index in [2.05, 4.69) is 73.7 Å². The van der Waals surface area contributed by atoms with Crippen molar-refractivity contribution in [1.82, 2.24) is 0 Å². The largest absolute Gasteiger partial charge is 0.381 e. The van der Waals surface area contributed by atoms with Crippen molar-refractivity contribution >= 4 is 52.2 Å². The first kappa shape index (κ1) is 25.4. The maximum absolute atomic E-state index is 5.56. The van der Waals surface area contributed by atoms with E-state index in [1.165, 1.54) is 104 Å². The molecule has 36 heavy (non-hydrogen) atoms. The van der Waals surface area contributed by atoms with Crippen LogP contribution in [0.1, 0.15) is 70.3 Å². The van der Waals surface area contributed by atoms with Gasteiger partial charge < -0.3 is 4.74 Å². The fourth-order valence-electron chi connectivity index (χ4n) is 5.11. The second kappa shape index (κ2) is 12.9. The molecule has 0 fully saturated rings. The predicted molar refractivity (Wildman–Crippen MR) is 162 cm³/mol. The number of fused-ring (bicyclic) bond motifs is 5. The third-order valence-electron chi connectivity index (χ3n) is 7.11. The van der Waals surface area contributed by atoms with Crippen molar-refractivity contribution in [2.75, 3.05) is 13.2 Å². The Kier molecular flexibility index (Phi) is 9.09. The quantitative estimate of drug-likeness (QED) is 0.134. The van der Waals surface area contributed by atoms with Gasteiger partial charge in [0.1, 0.15) is 0 Å². The Morgan fingerprint density at radius 3 is 1.94 bits per heavy atom. The molecule has 1 nitrogen and oxygen atoms in total. The van der Waals surface area contributed by atoms with E-state index >= 15 is 0 Å². The Labute approximate surface area is 224 Å². The van der Waals surface area contributed by atoms with Crippen molar-refractivity contribution in [2.24, 2.45) is 0 Å². The highest BCUT2D eigenvalue weighted by atomic mass is 32.1. The number of ether oxygens (including phenoxy) is 1. The number of benzene rings is 3. The number of hydrogen-bond donors (Lipinski definition) is 0. The molecule has 5 aromatic rings. The Hall–Kier alpha value is -2.20. The van der Waals surface area contributed by atoms with Gasteiger partial charge in [-0.05, 0) is 54.5 Å². The second-order valence-electron chi connectivity index (χ2n) is 9.96. The minimum absolute atomic E-state index is 0.921. The lowest BCUT2D eigenvalue weighted by Crippen LogP contribution is -1.95. The smallest absolute Gasteiger partial charge is 0.0542 e. The number of unbranched alkanes of at least 4 members (excludes halogenated alkanes) is 7. The molecule has 0 aliphatic rings. The topological polar surface area (TPSA) is 9.23 Å². The minimum atomic E-state index is 0.921. The van der Waals surface area contributed by atoms with Crippen LogP contribution in [0.2, 0.25) is 0 Å². The van der Waals surface area contributed by atoms with E-state index in [0.29, 0.717) is 0 Å². The van der Waals surface area contributed by atoms with Crippen molar-refractivity contribution in [1.29, 1.82) is 0 Å². The molecule has 0 aliphatic heterocycles. The summed E-state index contributed by atoms with van der Waals surface area (Å²) in [6.07, 6.45) is 13.1. The molecule has 0 aliphatic carbocycles. The van der Waals surface area contributed by atoms with Crippen molar-refractivity contribution in [2.45, 2.75) is 71.1 Å². The van der Waals surface area contributed by atoms with Gasteiger partial charge in [-0.2, -0.15) is 0 Å². The van der Waals surface area contributed by atoms with Gasteiger partial charge in [-0.15, -0.1) is 22.7 Å². The molecule has 0 radical (unpaired) electrons. The van der Waals surface area contributed by atoms with Crippen molar-refractivity contribution in [3.8, 4) is 11.1 Å². The summed E-state index contributed by atoms with van der Waals surface area (Å²) in [5.41, 5.74) is 4.10. The molecule has 5 rings (SSSR count). The second-order valence-corrected chi connectivity index (χ2v) is 12.1. The monoisotopic (exact) mass is 514 g/mol. The van der Waals surface area contributed by atoms with Crippen LogP contribution in [0.25, 0.3) is 40.7 Å². The molecular formula is C33H38OS2. The van der Waals surface area contributed by atoms with E-state index in [1.54, 1.807) is 0 Å². The molecular weight excluding hydrogens is 476 g/mol. The summed E-state index contributed by atoms with van der Waals surface area (Å²) in [5, 5.41) is 2.84. The fraction of sp³-hybridized carbons (Fsp3) is 0.394. The molecule has 0 amide bonds. The number of thiophene rings is 2. The normalized spacial score (nSPS) is 11.8. The van der Waals surface area contributed by atoms with Crippen LogP contribution in [0, 0.1) is 0 Å². The van der Waals surface area contributed by atoms with Crippen LogP contribution in [0.15, 0.2) is 66.7 Å². The van der Waals surface area contributed by atoms with Gasteiger partial charge in [-0.1, -0.05) is 100 Å². The molecule has 0 unspecified atom stereocenters. The number of rotatable bonds is 14. The lowest BCUT2D eigenvalue weighted by atomic mass is 10.0. The van der Waals surface area contributed by atoms with E-state index in [-0.39, 0.29) is 0 Å². The van der Waals surface area contributed by atoms with Gasteiger partial charge in [-0.25, -0.2) is 0 Å². The third kappa shape index (κ3) is 6.19. The van der Waals surface area contributed by atoms with Crippen LogP contribution in [0.5, 0.6) is 0 Å². The van der Waals surface area contributed by atoms with Gasteiger partial charge in [0.2, 0.25) is 0 Å². The highest BCUT2D eigenvalue weighted by molar-refractivity contribution is 7.36. The molecule has 2 heterocycles. The molecule has 3 heteroatoms. The lowest BCUT2D eigenvalue weighted by Gasteiger charge is -2.04. The summed E-state index contributed by atoms with van der Waals surface area (Å²) < 4.78 is 11.3. The van der Waals surface area contributed by atoms with Crippen molar-refractivity contribution in [3.05, 3.63) is 72.3 Å². The van der Waals surface area contributed by atoms with E-state index in [0.717, 1.165) is 19.6 Å². The maximum Gasteiger partial charge on any atom is 0.0542 e. The molecule has 0 N–H and O–H groups in total. The minimum Gasteiger partial charge on any atom is -0.381 e. The average Bonchev–Trinajstić information content (AvgIpc) is 3.45. The first-order valence-electron chi connectivity index (χ1n) is 13.8. The SMILES string of the molecule is CCCOCCCCCCCCCCc1ccc2c(c1)sc1c3ccc(-c4ccccc4)cc3sc21. The summed E-state index contributed by atoms with van der Waals surface area (Å²) in [5.74, 6) is 0. The Bertz CT molecular complexity index is 1380. The highest BCUT2D eigenvalue weighted by Gasteiger charge is 2.13. The maximum atomic E-state index is 5.56. The summed E-state index contributed by atoms with van der Waals surface area (Å²) >= 11 is 3.93. The van der Waals surface area contributed by atoms with E-state index in [4.69, 9.17) is 4.74 Å². The van der Waals surface area contributed by atoms with Crippen LogP contribution in [0.3, 0.4) is 0 Å². The lowest BCUT2D eigenvalue weighted by molar-refractivity contribution is 0.130. The van der Waals surface area contributed by atoms with Gasteiger partial charge in [0.15, 0.2) is 0 Å².